The molecular weight excluding hydrogens is 246 g/mol. The van der Waals surface area contributed by atoms with Crippen LogP contribution in [0.15, 0.2) is 0 Å². The van der Waals surface area contributed by atoms with E-state index < -0.39 is 0 Å². The molecule has 0 radical (unpaired) electrons. The Hall–Kier alpha value is -0.120. The molecular formula is C17H33N3. The van der Waals surface area contributed by atoms with Crippen molar-refractivity contribution in [2.24, 2.45) is 5.92 Å². The van der Waals surface area contributed by atoms with Gasteiger partial charge in [0.05, 0.1) is 0 Å². The summed E-state index contributed by atoms with van der Waals surface area (Å²) in [5.41, 5.74) is 0. The molecule has 3 nitrogen and oxygen atoms in total. The van der Waals surface area contributed by atoms with Crippen LogP contribution < -0.4 is 5.32 Å². The molecule has 0 aromatic rings. The van der Waals surface area contributed by atoms with Gasteiger partial charge < -0.3 is 10.2 Å². The lowest BCUT2D eigenvalue weighted by Crippen LogP contribution is -2.57. The van der Waals surface area contributed by atoms with Gasteiger partial charge in [-0.05, 0) is 64.6 Å². The molecule has 4 atom stereocenters. The molecule has 3 saturated heterocycles. The first-order chi connectivity index (χ1) is 9.69. The van der Waals surface area contributed by atoms with Crippen LogP contribution in [0.1, 0.15) is 52.4 Å². The molecule has 3 rings (SSSR count). The first-order valence-electron chi connectivity index (χ1n) is 8.88. The smallest absolute Gasteiger partial charge is 0.0151 e. The number of nitrogens with zero attached hydrogens (tertiary/aromatic N) is 2. The molecule has 3 aliphatic heterocycles. The topological polar surface area (TPSA) is 18.5 Å². The SMILES string of the molecule is CCCNC1CC2CCC(C1)N2C1CCN(C)CC1C. The first kappa shape index (κ1) is 14.8. The van der Waals surface area contributed by atoms with Gasteiger partial charge in [-0.25, -0.2) is 0 Å². The van der Waals surface area contributed by atoms with Crippen LogP contribution in [0.5, 0.6) is 0 Å². The van der Waals surface area contributed by atoms with Crippen molar-refractivity contribution in [3.8, 4) is 0 Å². The van der Waals surface area contributed by atoms with E-state index in [1.165, 1.54) is 58.2 Å². The standard InChI is InChI=1S/C17H33N3/c1-4-8-18-14-10-15-5-6-16(11-14)20(15)17-7-9-19(3)12-13(17)2/h13-18H,4-12H2,1-3H3. The molecule has 116 valence electrons. The van der Waals surface area contributed by atoms with Crippen LogP contribution in [-0.4, -0.2) is 60.6 Å². The summed E-state index contributed by atoms with van der Waals surface area (Å²) < 4.78 is 0. The first-order valence-corrected chi connectivity index (χ1v) is 8.88. The Morgan fingerprint density at radius 2 is 1.80 bits per heavy atom. The molecule has 0 spiro atoms. The van der Waals surface area contributed by atoms with E-state index in [9.17, 15) is 0 Å². The van der Waals surface area contributed by atoms with Crippen molar-refractivity contribution >= 4 is 0 Å². The average molecular weight is 279 g/mol. The maximum absolute atomic E-state index is 3.78. The highest BCUT2D eigenvalue weighted by atomic mass is 15.3. The molecule has 0 saturated carbocycles. The second kappa shape index (κ2) is 6.33. The van der Waals surface area contributed by atoms with Crippen LogP contribution in [0.2, 0.25) is 0 Å². The van der Waals surface area contributed by atoms with Crippen molar-refractivity contribution in [2.45, 2.75) is 76.5 Å². The van der Waals surface area contributed by atoms with Gasteiger partial charge in [-0.15, -0.1) is 0 Å². The van der Waals surface area contributed by atoms with Crippen molar-refractivity contribution in [3.05, 3.63) is 0 Å². The summed E-state index contributed by atoms with van der Waals surface area (Å²) >= 11 is 0. The molecule has 0 amide bonds. The zero-order valence-electron chi connectivity index (χ0n) is 13.6. The highest BCUT2D eigenvalue weighted by molar-refractivity contribution is 5.02. The fourth-order valence-electron chi connectivity index (χ4n) is 5.05. The Morgan fingerprint density at radius 3 is 2.40 bits per heavy atom. The van der Waals surface area contributed by atoms with E-state index in [1.807, 2.05) is 0 Å². The second-order valence-electron chi connectivity index (χ2n) is 7.55. The summed E-state index contributed by atoms with van der Waals surface area (Å²) in [4.78, 5) is 5.47. The minimum Gasteiger partial charge on any atom is -0.314 e. The quantitative estimate of drug-likeness (QED) is 0.852. The van der Waals surface area contributed by atoms with Crippen molar-refractivity contribution in [2.75, 3.05) is 26.7 Å². The van der Waals surface area contributed by atoms with Gasteiger partial charge in [0, 0.05) is 30.7 Å². The third-order valence-corrected chi connectivity index (χ3v) is 5.92. The number of piperidine rings is 2. The largest absolute Gasteiger partial charge is 0.314 e. The van der Waals surface area contributed by atoms with Crippen LogP contribution in [0.3, 0.4) is 0 Å². The van der Waals surface area contributed by atoms with Gasteiger partial charge in [0.1, 0.15) is 0 Å². The Morgan fingerprint density at radius 1 is 1.10 bits per heavy atom. The van der Waals surface area contributed by atoms with E-state index in [0.29, 0.717) is 0 Å². The van der Waals surface area contributed by atoms with Gasteiger partial charge in [0.25, 0.3) is 0 Å². The van der Waals surface area contributed by atoms with E-state index in [2.05, 4.69) is 36.0 Å². The van der Waals surface area contributed by atoms with Gasteiger partial charge >= 0.3 is 0 Å². The minimum absolute atomic E-state index is 0.797. The third kappa shape index (κ3) is 2.90. The maximum atomic E-state index is 3.78. The van der Waals surface area contributed by atoms with Crippen molar-refractivity contribution in [1.29, 1.82) is 0 Å². The van der Waals surface area contributed by atoms with Crippen LogP contribution in [0.4, 0.5) is 0 Å². The lowest BCUT2D eigenvalue weighted by atomic mass is 9.87. The van der Waals surface area contributed by atoms with Crippen molar-refractivity contribution < 1.29 is 0 Å². The van der Waals surface area contributed by atoms with Gasteiger partial charge in [-0.3, -0.25) is 4.90 Å². The summed E-state index contributed by atoms with van der Waals surface area (Å²) in [5.74, 6) is 0.844. The normalized spacial score (nSPS) is 43.0. The summed E-state index contributed by atoms with van der Waals surface area (Å²) in [7, 11) is 2.28. The number of nitrogens with one attached hydrogen (secondary N) is 1. The minimum atomic E-state index is 0.797. The van der Waals surface area contributed by atoms with E-state index in [4.69, 9.17) is 0 Å². The van der Waals surface area contributed by atoms with Gasteiger partial charge in [0.15, 0.2) is 0 Å². The highest BCUT2D eigenvalue weighted by Crippen LogP contribution is 2.40. The maximum Gasteiger partial charge on any atom is 0.0151 e. The Labute approximate surface area is 125 Å². The number of hydrogen-bond acceptors (Lipinski definition) is 3. The lowest BCUT2D eigenvalue weighted by Gasteiger charge is -2.48. The molecule has 3 heterocycles. The summed E-state index contributed by atoms with van der Waals surface area (Å²) in [6.45, 7) is 8.54. The van der Waals surface area contributed by atoms with Crippen molar-refractivity contribution in [3.63, 3.8) is 0 Å². The van der Waals surface area contributed by atoms with Crippen LogP contribution in [-0.2, 0) is 0 Å². The number of likely N-dealkylation sites (tertiary alicyclic amines) is 1. The van der Waals surface area contributed by atoms with Gasteiger partial charge in [-0.2, -0.15) is 0 Å². The zero-order chi connectivity index (χ0) is 14.1. The lowest BCUT2D eigenvalue weighted by molar-refractivity contribution is 0.00970. The molecule has 0 aromatic heterocycles. The summed E-state index contributed by atoms with van der Waals surface area (Å²) in [5, 5.41) is 3.78. The Balaban J connectivity index is 1.62. The van der Waals surface area contributed by atoms with Gasteiger partial charge in [-0.1, -0.05) is 13.8 Å². The summed E-state index contributed by atoms with van der Waals surface area (Å²) in [6.07, 6.45) is 8.35. The second-order valence-corrected chi connectivity index (χ2v) is 7.55. The highest BCUT2D eigenvalue weighted by Gasteiger charge is 2.45. The molecule has 0 aliphatic carbocycles. The molecule has 3 heteroatoms. The van der Waals surface area contributed by atoms with E-state index in [-0.39, 0.29) is 0 Å². The molecule has 4 unspecified atom stereocenters. The third-order valence-electron chi connectivity index (χ3n) is 5.92. The molecule has 2 bridgehead atoms. The monoisotopic (exact) mass is 279 g/mol. The molecule has 3 fully saturated rings. The fourth-order valence-corrected chi connectivity index (χ4v) is 5.05. The van der Waals surface area contributed by atoms with E-state index >= 15 is 0 Å². The molecule has 3 aliphatic rings. The Bertz CT molecular complexity index is 305. The fraction of sp³-hybridized carbons (Fsp3) is 1.00. The van der Waals surface area contributed by atoms with Crippen LogP contribution in [0, 0.1) is 5.92 Å². The number of hydrogen-bond donors (Lipinski definition) is 1. The van der Waals surface area contributed by atoms with Crippen LogP contribution in [0.25, 0.3) is 0 Å². The molecule has 1 N–H and O–H groups in total. The van der Waals surface area contributed by atoms with E-state index in [1.54, 1.807) is 0 Å². The van der Waals surface area contributed by atoms with Crippen molar-refractivity contribution in [1.82, 2.24) is 15.1 Å². The predicted octanol–water partition coefficient (Wildman–Crippen LogP) is 2.32. The average Bonchev–Trinajstić information content (AvgIpc) is 2.68. The summed E-state index contributed by atoms with van der Waals surface area (Å²) in [6, 6.07) is 3.40. The van der Waals surface area contributed by atoms with E-state index in [0.717, 1.165) is 30.1 Å². The predicted molar refractivity (Wildman–Crippen MR) is 85.0 cm³/mol. The molecule has 0 aromatic carbocycles. The van der Waals surface area contributed by atoms with Crippen LogP contribution >= 0.6 is 0 Å². The molecule has 20 heavy (non-hydrogen) atoms. The van der Waals surface area contributed by atoms with Gasteiger partial charge in [0.2, 0.25) is 0 Å². The zero-order valence-corrected chi connectivity index (χ0v) is 13.6. The number of fused-ring (bicyclic) bond motifs is 2. The Kier molecular flexibility index (Phi) is 4.68. The number of rotatable bonds is 4.